The van der Waals surface area contributed by atoms with Gasteiger partial charge in [0.1, 0.15) is 0 Å². The largest absolute Gasteiger partial charge is 0.452 e. The third-order valence-electron chi connectivity index (χ3n) is 3.69. The Balaban J connectivity index is 1.62. The molecule has 1 amide bonds. The second kappa shape index (κ2) is 10.5. The van der Waals surface area contributed by atoms with Crippen LogP contribution in [0.25, 0.3) is 6.08 Å². The van der Waals surface area contributed by atoms with E-state index in [1.807, 2.05) is 31.2 Å². The molecule has 0 saturated heterocycles. The molecule has 0 aliphatic heterocycles. The zero-order valence-electron chi connectivity index (χ0n) is 15.4. The molecule has 2 aromatic carbocycles. The first-order chi connectivity index (χ1) is 13.4. The molecule has 0 aliphatic rings. The van der Waals surface area contributed by atoms with E-state index in [4.69, 9.17) is 4.74 Å². The van der Waals surface area contributed by atoms with Crippen LogP contribution in [0.15, 0.2) is 54.6 Å². The van der Waals surface area contributed by atoms with Gasteiger partial charge >= 0.3 is 5.97 Å². The lowest BCUT2D eigenvalue weighted by Gasteiger charge is -2.08. The van der Waals surface area contributed by atoms with Crippen LogP contribution in [0.2, 0.25) is 0 Å². The molecule has 146 valence electrons. The van der Waals surface area contributed by atoms with E-state index in [0.717, 1.165) is 11.1 Å². The van der Waals surface area contributed by atoms with Crippen molar-refractivity contribution < 1.29 is 19.2 Å². The second-order valence-corrected chi connectivity index (χ2v) is 5.93. The summed E-state index contributed by atoms with van der Waals surface area (Å²) >= 11 is 0. The minimum atomic E-state index is -0.597. The molecule has 2 rings (SSSR count). The number of nitrogens with one attached hydrogen (secondary N) is 2. The quantitative estimate of drug-likeness (QED) is 0.226. The molecule has 0 unspecified atom stereocenters. The van der Waals surface area contributed by atoms with Gasteiger partial charge in [-0.2, -0.15) is 0 Å². The van der Waals surface area contributed by atoms with Crippen LogP contribution in [0.4, 0.5) is 11.4 Å². The number of rotatable bonds is 9. The highest BCUT2D eigenvalue weighted by Gasteiger charge is 2.05. The molecule has 0 aliphatic carbocycles. The fourth-order valence-electron chi connectivity index (χ4n) is 2.19. The van der Waals surface area contributed by atoms with Crippen LogP contribution in [-0.2, 0) is 14.3 Å². The number of nitro groups is 1. The molecule has 2 N–H and O–H groups in total. The number of nitro benzene ring substituents is 1. The summed E-state index contributed by atoms with van der Waals surface area (Å²) < 4.78 is 4.88. The predicted molar refractivity (Wildman–Crippen MR) is 106 cm³/mol. The smallest absolute Gasteiger partial charge is 0.331 e. The van der Waals surface area contributed by atoms with Gasteiger partial charge in [0.05, 0.1) is 4.92 Å². The van der Waals surface area contributed by atoms with E-state index in [2.05, 4.69) is 10.6 Å². The Labute approximate surface area is 162 Å². The second-order valence-electron chi connectivity index (χ2n) is 5.93. The molecule has 0 fully saturated rings. The van der Waals surface area contributed by atoms with Crippen molar-refractivity contribution in [1.82, 2.24) is 5.32 Å². The van der Waals surface area contributed by atoms with Crippen LogP contribution in [-0.4, -0.2) is 36.5 Å². The van der Waals surface area contributed by atoms with E-state index in [1.165, 1.54) is 18.2 Å². The van der Waals surface area contributed by atoms with E-state index in [9.17, 15) is 19.7 Å². The van der Waals surface area contributed by atoms with Gasteiger partial charge in [0.15, 0.2) is 6.61 Å². The third-order valence-corrected chi connectivity index (χ3v) is 3.69. The first-order valence-corrected chi connectivity index (χ1v) is 8.60. The first-order valence-electron chi connectivity index (χ1n) is 8.60. The number of amides is 1. The third kappa shape index (κ3) is 7.28. The summed E-state index contributed by atoms with van der Waals surface area (Å²) in [6.07, 6.45) is 2.89. The lowest BCUT2D eigenvalue weighted by atomic mass is 10.1. The van der Waals surface area contributed by atoms with Gasteiger partial charge in [-0.25, -0.2) is 4.79 Å². The predicted octanol–water partition coefficient (Wildman–Crippen LogP) is 2.69. The van der Waals surface area contributed by atoms with Crippen LogP contribution in [0, 0.1) is 17.0 Å². The summed E-state index contributed by atoms with van der Waals surface area (Å²) in [4.78, 5) is 33.4. The number of benzene rings is 2. The molecular formula is C20H21N3O5. The molecule has 8 nitrogen and oxygen atoms in total. The van der Waals surface area contributed by atoms with Gasteiger partial charge in [0.25, 0.3) is 11.6 Å². The molecule has 0 aromatic heterocycles. The number of hydrogen-bond acceptors (Lipinski definition) is 6. The number of aryl methyl sites for hydroxylation is 1. The van der Waals surface area contributed by atoms with Crippen molar-refractivity contribution in [3.63, 3.8) is 0 Å². The highest BCUT2D eigenvalue weighted by Crippen LogP contribution is 2.14. The van der Waals surface area contributed by atoms with Gasteiger partial charge in [-0.05, 0) is 30.7 Å². The number of anilines is 1. The number of non-ortho nitro benzene ring substituents is 1. The molecule has 0 saturated carbocycles. The van der Waals surface area contributed by atoms with Crippen molar-refractivity contribution in [2.45, 2.75) is 6.92 Å². The molecule has 0 radical (unpaired) electrons. The van der Waals surface area contributed by atoms with Crippen molar-refractivity contribution in [2.24, 2.45) is 0 Å². The van der Waals surface area contributed by atoms with Gasteiger partial charge in [-0.15, -0.1) is 0 Å². The highest BCUT2D eigenvalue weighted by atomic mass is 16.6. The minimum Gasteiger partial charge on any atom is -0.452 e. The van der Waals surface area contributed by atoms with E-state index in [0.29, 0.717) is 18.8 Å². The summed E-state index contributed by atoms with van der Waals surface area (Å²) in [5.41, 5.74) is 2.70. The van der Waals surface area contributed by atoms with Crippen molar-refractivity contribution in [3.05, 3.63) is 75.8 Å². The van der Waals surface area contributed by atoms with Crippen LogP contribution in [0.5, 0.6) is 0 Å². The van der Waals surface area contributed by atoms with Crippen LogP contribution < -0.4 is 10.6 Å². The van der Waals surface area contributed by atoms with E-state index in [-0.39, 0.29) is 12.3 Å². The molecule has 8 heteroatoms. The summed E-state index contributed by atoms with van der Waals surface area (Å²) in [6.45, 7) is 2.34. The van der Waals surface area contributed by atoms with E-state index >= 15 is 0 Å². The van der Waals surface area contributed by atoms with Gasteiger partial charge in [0.2, 0.25) is 0 Å². The maximum Gasteiger partial charge on any atom is 0.331 e. The van der Waals surface area contributed by atoms with Crippen molar-refractivity contribution >= 4 is 29.3 Å². The molecular weight excluding hydrogens is 362 g/mol. The lowest BCUT2D eigenvalue weighted by molar-refractivity contribution is -0.384. The normalized spacial score (nSPS) is 10.5. The Morgan fingerprint density at radius 1 is 1.07 bits per heavy atom. The summed E-state index contributed by atoms with van der Waals surface area (Å²) in [5.74, 6) is -1.01. The standard InChI is InChI=1S/C20H21N3O5/c1-15-2-4-16(5-3-15)6-11-20(25)28-14-19(24)22-13-12-21-17-7-9-18(10-8-17)23(26)27/h2-11,21H,12-14H2,1H3,(H,22,24)/b11-6+. The summed E-state index contributed by atoms with van der Waals surface area (Å²) in [6, 6.07) is 13.6. The SMILES string of the molecule is Cc1ccc(/C=C/C(=O)OCC(=O)NCCNc2ccc([N+](=O)[O-])cc2)cc1. The van der Waals surface area contributed by atoms with Gasteiger partial charge in [-0.3, -0.25) is 14.9 Å². The molecule has 0 atom stereocenters. The first kappa shape index (κ1) is 20.6. The summed E-state index contributed by atoms with van der Waals surface area (Å²) in [7, 11) is 0. The van der Waals surface area contributed by atoms with Crippen LogP contribution in [0.3, 0.4) is 0 Å². The zero-order chi connectivity index (χ0) is 20.4. The number of carbonyl (C=O) groups excluding carboxylic acids is 2. The number of nitrogens with zero attached hydrogens (tertiary/aromatic N) is 1. The number of carbonyl (C=O) groups is 2. The number of hydrogen-bond donors (Lipinski definition) is 2. The maximum absolute atomic E-state index is 11.7. The number of esters is 1. The van der Waals surface area contributed by atoms with Gasteiger partial charge < -0.3 is 15.4 Å². The molecule has 0 bridgehead atoms. The Bertz CT molecular complexity index is 845. The van der Waals surface area contributed by atoms with Crippen LogP contribution in [0.1, 0.15) is 11.1 Å². The average molecular weight is 383 g/mol. The fraction of sp³-hybridized carbons (Fsp3) is 0.200. The average Bonchev–Trinajstić information content (AvgIpc) is 2.69. The van der Waals surface area contributed by atoms with Crippen LogP contribution >= 0.6 is 0 Å². The molecule has 0 spiro atoms. The topological polar surface area (TPSA) is 111 Å². The zero-order valence-corrected chi connectivity index (χ0v) is 15.4. The summed E-state index contributed by atoms with van der Waals surface area (Å²) in [5, 5.41) is 16.2. The monoisotopic (exact) mass is 383 g/mol. The fourth-order valence-corrected chi connectivity index (χ4v) is 2.19. The van der Waals surface area contributed by atoms with Gasteiger partial charge in [0, 0.05) is 37.0 Å². The molecule has 28 heavy (non-hydrogen) atoms. The van der Waals surface area contributed by atoms with E-state index < -0.39 is 16.8 Å². The Morgan fingerprint density at radius 2 is 1.75 bits per heavy atom. The highest BCUT2D eigenvalue weighted by molar-refractivity contribution is 5.89. The molecule has 2 aromatic rings. The van der Waals surface area contributed by atoms with Crippen molar-refractivity contribution in [2.75, 3.05) is 25.0 Å². The van der Waals surface area contributed by atoms with Crippen molar-refractivity contribution in [1.29, 1.82) is 0 Å². The minimum absolute atomic E-state index is 0.0112. The lowest BCUT2D eigenvalue weighted by Crippen LogP contribution is -2.32. The Hall–Kier alpha value is -3.68. The van der Waals surface area contributed by atoms with Crippen molar-refractivity contribution in [3.8, 4) is 0 Å². The molecule has 0 heterocycles. The maximum atomic E-state index is 11.7. The Morgan fingerprint density at radius 3 is 2.39 bits per heavy atom. The van der Waals surface area contributed by atoms with E-state index in [1.54, 1.807) is 18.2 Å². The Kier molecular flexibility index (Phi) is 7.71. The van der Waals surface area contributed by atoms with Gasteiger partial charge in [-0.1, -0.05) is 29.8 Å². The number of ether oxygens (including phenoxy) is 1.